The summed E-state index contributed by atoms with van der Waals surface area (Å²) in [7, 11) is 5.54. The summed E-state index contributed by atoms with van der Waals surface area (Å²) in [5, 5.41) is 4.59. The molecule has 0 spiro atoms. The molecule has 1 aromatic heterocycles. The average molecular weight is 437 g/mol. The maximum Gasteiger partial charge on any atom is 0.243 e. The quantitative estimate of drug-likeness (QED) is 0.375. The fourth-order valence-electron chi connectivity index (χ4n) is 3.67. The molecule has 1 fully saturated rings. The molecule has 0 unspecified atom stereocenters. The molecule has 168 valence electrons. The van der Waals surface area contributed by atoms with E-state index in [0.29, 0.717) is 6.54 Å². The van der Waals surface area contributed by atoms with Crippen molar-refractivity contribution >= 4 is 23.2 Å². The lowest BCUT2D eigenvalue weighted by Gasteiger charge is -2.27. The lowest BCUT2D eigenvalue weighted by Crippen LogP contribution is -2.42. The molecule has 0 aromatic carbocycles. The number of hydrogen-bond acceptors (Lipinski definition) is 6. The number of rotatable bonds is 8. The van der Waals surface area contributed by atoms with E-state index in [2.05, 4.69) is 20.1 Å². The van der Waals surface area contributed by atoms with Gasteiger partial charge in [-0.1, -0.05) is 0 Å². The fraction of sp³-hybridized carbons (Fsp3) is 0.762. The normalized spacial score (nSPS) is 17.5. The van der Waals surface area contributed by atoms with Crippen LogP contribution in [0, 0.1) is 0 Å². The van der Waals surface area contributed by atoms with Crippen LogP contribution in [0.4, 0.5) is 0 Å². The number of aromatic nitrogens is 1. The number of aliphatic imine (C=N–C) groups is 1. The molecule has 0 radical (unpaired) electrons. The lowest BCUT2D eigenvalue weighted by molar-refractivity contribution is -0.127. The number of carbonyl (C=O) groups is 1. The van der Waals surface area contributed by atoms with Crippen LogP contribution in [0.2, 0.25) is 0 Å². The monoisotopic (exact) mass is 436 g/mol. The molecule has 0 bridgehead atoms. The number of nitrogens with one attached hydrogen (secondary N) is 1. The third kappa shape index (κ3) is 6.92. The zero-order valence-electron chi connectivity index (χ0n) is 18.7. The van der Waals surface area contributed by atoms with E-state index in [-0.39, 0.29) is 12.5 Å². The van der Waals surface area contributed by atoms with Crippen LogP contribution in [0.1, 0.15) is 34.8 Å². The zero-order chi connectivity index (χ0) is 21.3. The van der Waals surface area contributed by atoms with Gasteiger partial charge in [0.15, 0.2) is 5.96 Å². The summed E-state index contributed by atoms with van der Waals surface area (Å²) in [6.45, 7) is 6.40. The number of thiazole rings is 1. The Hall–Kier alpha value is -1.71. The molecular weight excluding hydrogens is 400 g/mol. The Bertz CT molecular complexity index is 691. The molecule has 1 amide bonds. The third-order valence-electron chi connectivity index (χ3n) is 5.52. The Morgan fingerprint density at radius 1 is 1.23 bits per heavy atom. The summed E-state index contributed by atoms with van der Waals surface area (Å²) in [5.74, 6) is 0.765. The molecule has 2 heterocycles. The lowest BCUT2D eigenvalue weighted by atomic mass is 10.0. The molecule has 30 heavy (non-hydrogen) atoms. The Morgan fingerprint density at radius 3 is 2.73 bits per heavy atom. The number of likely N-dealkylation sites (N-methyl/N-ethyl adjacent to an activating group) is 1. The molecule has 8 nitrogen and oxygen atoms in total. The van der Waals surface area contributed by atoms with E-state index < -0.39 is 0 Å². The standard InChI is InChI=1S/C21H36N6O2S/c1-25(2)20(28)15-23-21(22-9-6-10-27-11-13-29-14-12-27)26(3)16-19-24-17-7-4-5-8-18(17)30-19/h4-16H2,1-3H3,(H,22,23). The van der Waals surface area contributed by atoms with E-state index in [1.54, 1.807) is 19.0 Å². The summed E-state index contributed by atoms with van der Waals surface area (Å²) in [6.07, 6.45) is 5.81. The molecule has 0 atom stereocenters. The van der Waals surface area contributed by atoms with Gasteiger partial charge in [-0.3, -0.25) is 9.69 Å². The first kappa shape index (κ1) is 23.0. The Balaban J connectivity index is 1.55. The summed E-state index contributed by atoms with van der Waals surface area (Å²) < 4.78 is 5.41. The molecule has 3 rings (SSSR count). The number of hydrogen-bond donors (Lipinski definition) is 1. The number of morpholine rings is 1. The number of amides is 1. The SMILES string of the molecule is CN(C)C(=O)CN=C(NCCCN1CCOCC1)N(C)Cc1nc2c(s1)CCCC2. The van der Waals surface area contributed by atoms with Crippen molar-refractivity contribution in [2.45, 2.75) is 38.6 Å². The third-order valence-corrected chi connectivity index (χ3v) is 6.67. The van der Waals surface area contributed by atoms with Gasteiger partial charge in [0.25, 0.3) is 0 Å². The van der Waals surface area contributed by atoms with Crippen LogP contribution in [0.5, 0.6) is 0 Å². The molecule has 1 aliphatic carbocycles. The van der Waals surface area contributed by atoms with Gasteiger partial charge in [-0.2, -0.15) is 0 Å². The van der Waals surface area contributed by atoms with Gasteiger partial charge in [0.2, 0.25) is 5.91 Å². The van der Waals surface area contributed by atoms with Crippen molar-refractivity contribution in [3.8, 4) is 0 Å². The highest BCUT2D eigenvalue weighted by atomic mass is 32.1. The van der Waals surface area contributed by atoms with Crippen molar-refractivity contribution in [3.63, 3.8) is 0 Å². The van der Waals surface area contributed by atoms with Crippen LogP contribution in [-0.4, -0.2) is 98.6 Å². The van der Waals surface area contributed by atoms with Gasteiger partial charge in [0.1, 0.15) is 11.6 Å². The molecule has 1 aliphatic heterocycles. The van der Waals surface area contributed by atoms with E-state index in [4.69, 9.17) is 9.72 Å². The summed E-state index contributed by atoms with van der Waals surface area (Å²) in [5.41, 5.74) is 1.29. The van der Waals surface area contributed by atoms with Crippen LogP contribution in [-0.2, 0) is 28.9 Å². The first-order valence-corrected chi connectivity index (χ1v) is 11.8. The molecule has 9 heteroatoms. The summed E-state index contributed by atoms with van der Waals surface area (Å²) in [6, 6.07) is 0. The largest absolute Gasteiger partial charge is 0.379 e. The predicted molar refractivity (Wildman–Crippen MR) is 121 cm³/mol. The van der Waals surface area contributed by atoms with Crippen LogP contribution in [0.25, 0.3) is 0 Å². The van der Waals surface area contributed by atoms with Gasteiger partial charge in [-0.25, -0.2) is 9.98 Å². The minimum absolute atomic E-state index is 0.000675. The highest BCUT2D eigenvalue weighted by Crippen LogP contribution is 2.27. The average Bonchev–Trinajstić information content (AvgIpc) is 3.15. The van der Waals surface area contributed by atoms with Gasteiger partial charge in [0, 0.05) is 45.7 Å². The first-order valence-electron chi connectivity index (χ1n) is 11.0. The Kier molecular flexibility index (Phi) is 8.89. The van der Waals surface area contributed by atoms with E-state index >= 15 is 0 Å². The van der Waals surface area contributed by atoms with Gasteiger partial charge in [-0.05, 0) is 38.6 Å². The predicted octanol–water partition coefficient (Wildman–Crippen LogP) is 1.21. The fourth-order valence-corrected chi connectivity index (χ4v) is 4.88. The first-order chi connectivity index (χ1) is 14.5. The van der Waals surface area contributed by atoms with Crippen molar-refractivity contribution in [1.29, 1.82) is 0 Å². The number of aryl methyl sites for hydroxylation is 2. The molecule has 2 aliphatic rings. The smallest absolute Gasteiger partial charge is 0.243 e. The van der Waals surface area contributed by atoms with Crippen LogP contribution >= 0.6 is 11.3 Å². The van der Waals surface area contributed by atoms with Crippen molar-refractivity contribution in [2.24, 2.45) is 4.99 Å². The minimum Gasteiger partial charge on any atom is -0.379 e. The van der Waals surface area contributed by atoms with Crippen molar-refractivity contribution < 1.29 is 9.53 Å². The second kappa shape index (κ2) is 11.6. The van der Waals surface area contributed by atoms with Gasteiger partial charge in [0.05, 0.1) is 25.5 Å². The maximum atomic E-state index is 12.0. The zero-order valence-corrected chi connectivity index (χ0v) is 19.5. The summed E-state index contributed by atoms with van der Waals surface area (Å²) >= 11 is 1.83. The molecule has 1 N–H and O–H groups in total. The van der Waals surface area contributed by atoms with Crippen molar-refractivity contribution in [1.82, 2.24) is 25.0 Å². The topological polar surface area (TPSA) is 73.3 Å². The highest BCUT2D eigenvalue weighted by molar-refractivity contribution is 7.11. The van der Waals surface area contributed by atoms with E-state index in [1.807, 2.05) is 18.4 Å². The van der Waals surface area contributed by atoms with E-state index in [9.17, 15) is 4.79 Å². The second-order valence-electron chi connectivity index (χ2n) is 8.20. The van der Waals surface area contributed by atoms with Gasteiger partial charge >= 0.3 is 0 Å². The summed E-state index contributed by atoms with van der Waals surface area (Å²) in [4.78, 5) is 29.0. The van der Waals surface area contributed by atoms with Gasteiger partial charge < -0.3 is 19.9 Å². The van der Waals surface area contributed by atoms with Crippen molar-refractivity contribution in [2.75, 3.05) is 67.1 Å². The van der Waals surface area contributed by atoms with Crippen LogP contribution < -0.4 is 5.32 Å². The van der Waals surface area contributed by atoms with Crippen LogP contribution in [0.3, 0.4) is 0 Å². The number of nitrogens with zero attached hydrogens (tertiary/aromatic N) is 5. The molecule has 0 saturated carbocycles. The van der Waals surface area contributed by atoms with E-state index in [1.165, 1.54) is 23.4 Å². The number of fused-ring (bicyclic) bond motifs is 1. The molecule has 1 aromatic rings. The molecule has 1 saturated heterocycles. The number of carbonyl (C=O) groups excluding carboxylic acids is 1. The Morgan fingerprint density at radius 2 is 2.00 bits per heavy atom. The van der Waals surface area contributed by atoms with E-state index in [0.717, 1.165) is 69.6 Å². The van der Waals surface area contributed by atoms with Crippen molar-refractivity contribution in [3.05, 3.63) is 15.6 Å². The highest BCUT2D eigenvalue weighted by Gasteiger charge is 2.17. The van der Waals surface area contributed by atoms with Crippen LogP contribution in [0.15, 0.2) is 4.99 Å². The second-order valence-corrected chi connectivity index (χ2v) is 9.37. The minimum atomic E-state index is 0.000675. The number of guanidine groups is 1. The molecular formula is C21H36N6O2S. The van der Waals surface area contributed by atoms with Gasteiger partial charge in [-0.15, -0.1) is 11.3 Å². The Labute approximate surface area is 184 Å². The maximum absolute atomic E-state index is 12.0. The number of ether oxygens (including phenoxy) is 1.